The highest BCUT2D eigenvalue weighted by atomic mass is 14.8. The van der Waals surface area contributed by atoms with Crippen LogP contribution in [0.5, 0.6) is 0 Å². The number of aryl methyl sites for hydroxylation is 1. The molecule has 33 heavy (non-hydrogen) atoms. The lowest BCUT2D eigenvalue weighted by Gasteiger charge is -2.28. The number of fused-ring (bicyclic) bond motifs is 1. The Morgan fingerprint density at radius 3 is 2.30 bits per heavy atom. The number of hydrogen-bond donors (Lipinski definition) is 1. The highest BCUT2D eigenvalue weighted by Crippen LogP contribution is 2.32. The van der Waals surface area contributed by atoms with E-state index in [9.17, 15) is 0 Å². The van der Waals surface area contributed by atoms with Crippen molar-refractivity contribution in [2.45, 2.75) is 92.9 Å². The molecule has 0 saturated heterocycles. The van der Waals surface area contributed by atoms with Gasteiger partial charge in [0.15, 0.2) is 0 Å². The Morgan fingerprint density at radius 1 is 1.03 bits per heavy atom. The van der Waals surface area contributed by atoms with Gasteiger partial charge in [-0.05, 0) is 80.8 Å². The summed E-state index contributed by atoms with van der Waals surface area (Å²) in [5.41, 5.74) is 2.72. The van der Waals surface area contributed by atoms with E-state index in [0.29, 0.717) is 0 Å². The molecule has 2 aromatic carbocycles. The van der Waals surface area contributed by atoms with E-state index >= 15 is 0 Å². The number of rotatable bonds is 8. The number of nitrogens with one attached hydrogen (secondary N) is 1. The van der Waals surface area contributed by atoms with Gasteiger partial charge in [-0.25, -0.2) is 0 Å². The third-order valence-corrected chi connectivity index (χ3v) is 6.21. The Kier molecular flexibility index (Phi) is 19.6. The van der Waals surface area contributed by atoms with Crippen LogP contribution in [0.25, 0.3) is 10.8 Å². The van der Waals surface area contributed by atoms with E-state index in [4.69, 9.17) is 0 Å². The highest BCUT2D eigenvalue weighted by Gasteiger charge is 2.20. The van der Waals surface area contributed by atoms with Gasteiger partial charge < -0.3 is 5.32 Å². The van der Waals surface area contributed by atoms with Crippen molar-refractivity contribution in [3.05, 3.63) is 72.8 Å². The molecule has 1 nitrogen and oxygen atoms in total. The Labute approximate surface area is 206 Å². The summed E-state index contributed by atoms with van der Waals surface area (Å²) in [6, 6.07) is 15.0. The van der Waals surface area contributed by atoms with Crippen molar-refractivity contribution in [1.29, 1.82) is 0 Å². The van der Waals surface area contributed by atoms with Crippen molar-refractivity contribution < 1.29 is 0 Å². The predicted molar refractivity (Wildman–Crippen MR) is 153 cm³/mol. The maximum absolute atomic E-state index is 3.92. The molecule has 1 heteroatoms. The van der Waals surface area contributed by atoms with Crippen LogP contribution < -0.4 is 5.32 Å². The van der Waals surface area contributed by atoms with Gasteiger partial charge in [-0.1, -0.05) is 107 Å². The Hall–Kier alpha value is -1.86. The summed E-state index contributed by atoms with van der Waals surface area (Å²) in [6.45, 7) is 22.2. The Bertz CT molecular complexity index is 740. The van der Waals surface area contributed by atoms with E-state index in [1.54, 1.807) is 6.08 Å². The van der Waals surface area contributed by atoms with Crippen LogP contribution >= 0.6 is 0 Å². The molecular formula is C32H53N. The summed E-state index contributed by atoms with van der Waals surface area (Å²) in [5.74, 6) is 1.99. The molecule has 2 aromatic rings. The third kappa shape index (κ3) is 14.1. The molecule has 0 heterocycles. The standard InChI is InChI=1S/C15H29N.C12H12.C3H6.C2H6/c1-13(2)10-12-16-11-6-9-15-8-5-4-7-14(15)3;1-2-10-7-5-8-11-6-3-4-9-12(10)11;1-3-2;1-2/h14-16H,1,4-12H2,2-3H3;3-9H,2H2,1H3;3H,1H2,2H3;1-2H3. The van der Waals surface area contributed by atoms with Gasteiger partial charge in [0.2, 0.25) is 0 Å². The number of allylic oxidation sites excluding steroid dienone is 1. The maximum Gasteiger partial charge on any atom is -0.00118 e. The van der Waals surface area contributed by atoms with Gasteiger partial charge in [0.1, 0.15) is 0 Å². The monoisotopic (exact) mass is 451 g/mol. The maximum atomic E-state index is 3.92. The van der Waals surface area contributed by atoms with E-state index in [1.165, 1.54) is 67.0 Å². The molecule has 1 aliphatic rings. The first kappa shape index (κ1) is 31.1. The predicted octanol–water partition coefficient (Wildman–Crippen LogP) is 9.77. The fourth-order valence-corrected chi connectivity index (χ4v) is 4.34. The smallest absolute Gasteiger partial charge is 0.00118 e. The first-order valence-corrected chi connectivity index (χ1v) is 13.4. The van der Waals surface area contributed by atoms with E-state index in [0.717, 1.165) is 31.2 Å². The second-order valence-electron chi connectivity index (χ2n) is 9.02. The zero-order valence-electron chi connectivity index (χ0n) is 22.8. The quantitative estimate of drug-likeness (QED) is 0.311. The van der Waals surface area contributed by atoms with Crippen molar-refractivity contribution in [2.75, 3.05) is 13.1 Å². The van der Waals surface area contributed by atoms with Crippen LogP contribution in [0.4, 0.5) is 0 Å². The van der Waals surface area contributed by atoms with Crippen molar-refractivity contribution in [3.63, 3.8) is 0 Å². The van der Waals surface area contributed by atoms with Crippen LogP contribution in [0, 0.1) is 11.8 Å². The summed E-state index contributed by atoms with van der Waals surface area (Å²) in [7, 11) is 0. The molecular weight excluding hydrogens is 398 g/mol. The first-order valence-electron chi connectivity index (χ1n) is 13.4. The van der Waals surface area contributed by atoms with Crippen LogP contribution in [0.2, 0.25) is 0 Å². The van der Waals surface area contributed by atoms with E-state index in [2.05, 4.69) is 81.7 Å². The number of hydrogen-bond acceptors (Lipinski definition) is 1. The van der Waals surface area contributed by atoms with Crippen LogP contribution in [0.15, 0.2) is 67.3 Å². The molecule has 0 radical (unpaired) electrons. The normalized spacial score (nSPS) is 16.8. The molecule has 1 saturated carbocycles. The van der Waals surface area contributed by atoms with Gasteiger partial charge in [-0.15, -0.1) is 13.2 Å². The zero-order chi connectivity index (χ0) is 24.9. The molecule has 0 bridgehead atoms. The molecule has 0 spiro atoms. The first-order chi connectivity index (χ1) is 16.0. The van der Waals surface area contributed by atoms with Gasteiger partial charge >= 0.3 is 0 Å². The van der Waals surface area contributed by atoms with Gasteiger partial charge in [0.05, 0.1) is 0 Å². The van der Waals surface area contributed by atoms with Gasteiger partial charge in [0.25, 0.3) is 0 Å². The van der Waals surface area contributed by atoms with Crippen LogP contribution in [-0.4, -0.2) is 13.1 Å². The topological polar surface area (TPSA) is 12.0 Å². The average molecular weight is 452 g/mol. The minimum absolute atomic E-state index is 0.976. The van der Waals surface area contributed by atoms with Crippen LogP contribution in [-0.2, 0) is 6.42 Å². The highest BCUT2D eigenvalue weighted by molar-refractivity contribution is 5.85. The Balaban J connectivity index is 0.000000531. The molecule has 1 N–H and O–H groups in total. The lowest BCUT2D eigenvalue weighted by Crippen LogP contribution is -2.21. The molecule has 3 rings (SSSR count). The lowest BCUT2D eigenvalue weighted by atomic mass is 9.78. The molecule has 1 aliphatic carbocycles. The molecule has 0 amide bonds. The van der Waals surface area contributed by atoms with Crippen LogP contribution in [0.3, 0.4) is 0 Å². The molecule has 0 aromatic heterocycles. The summed E-state index contributed by atoms with van der Waals surface area (Å²) in [6.07, 6.45) is 12.7. The van der Waals surface area contributed by atoms with Crippen molar-refractivity contribution >= 4 is 10.8 Å². The summed E-state index contributed by atoms with van der Waals surface area (Å²) >= 11 is 0. The van der Waals surface area contributed by atoms with E-state index in [1.807, 2.05) is 20.8 Å². The van der Waals surface area contributed by atoms with Gasteiger partial charge in [-0.3, -0.25) is 0 Å². The SMILES string of the molecule is C=C(C)CCNCCCC1CCCCC1C.C=CC.CC.CCc1cccc2ccccc12. The van der Waals surface area contributed by atoms with Crippen molar-refractivity contribution in [3.8, 4) is 0 Å². The third-order valence-electron chi connectivity index (χ3n) is 6.21. The van der Waals surface area contributed by atoms with Gasteiger partial charge in [0, 0.05) is 0 Å². The van der Waals surface area contributed by atoms with Crippen molar-refractivity contribution in [2.24, 2.45) is 11.8 Å². The average Bonchev–Trinajstić information content (AvgIpc) is 2.84. The second-order valence-corrected chi connectivity index (χ2v) is 9.02. The largest absolute Gasteiger partial charge is 0.316 e. The summed E-state index contributed by atoms with van der Waals surface area (Å²) in [4.78, 5) is 0. The fraction of sp³-hybridized carbons (Fsp3) is 0.562. The lowest BCUT2D eigenvalue weighted by molar-refractivity contribution is 0.237. The van der Waals surface area contributed by atoms with E-state index < -0.39 is 0 Å². The summed E-state index contributed by atoms with van der Waals surface area (Å²) < 4.78 is 0. The second kappa shape index (κ2) is 20.7. The molecule has 2 atom stereocenters. The minimum Gasteiger partial charge on any atom is -0.316 e. The number of benzene rings is 2. The zero-order valence-corrected chi connectivity index (χ0v) is 22.8. The van der Waals surface area contributed by atoms with Crippen molar-refractivity contribution in [1.82, 2.24) is 5.32 Å². The molecule has 1 fully saturated rings. The Morgan fingerprint density at radius 2 is 1.67 bits per heavy atom. The van der Waals surface area contributed by atoms with E-state index in [-0.39, 0.29) is 0 Å². The summed E-state index contributed by atoms with van der Waals surface area (Å²) in [5, 5.41) is 6.25. The molecule has 2 unspecified atom stereocenters. The van der Waals surface area contributed by atoms with Gasteiger partial charge in [-0.2, -0.15) is 0 Å². The molecule has 186 valence electrons. The minimum atomic E-state index is 0.976. The van der Waals surface area contributed by atoms with Crippen LogP contribution in [0.1, 0.15) is 92.1 Å². The fourth-order valence-electron chi connectivity index (χ4n) is 4.34. The molecule has 0 aliphatic heterocycles.